The van der Waals surface area contributed by atoms with Gasteiger partial charge in [0.25, 0.3) is 5.91 Å². The summed E-state index contributed by atoms with van der Waals surface area (Å²) in [5.74, 6) is 0.280. The molecule has 1 N–H and O–H groups in total. The van der Waals surface area contributed by atoms with Crippen molar-refractivity contribution in [3.8, 4) is 0 Å². The van der Waals surface area contributed by atoms with Gasteiger partial charge in [-0.25, -0.2) is 0 Å². The summed E-state index contributed by atoms with van der Waals surface area (Å²) in [4.78, 5) is 25.4. The number of hydrogen-bond acceptors (Lipinski definition) is 3. The number of thioether (sulfide) groups is 1. The van der Waals surface area contributed by atoms with Crippen LogP contribution in [-0.2, 0) is 10.2 Å². The Hall–Kier alpha value is -2.07. The first-order valence-corrected chi connectivity index (χ1v) is 9.85. The maximum Gasteiger partial charge on any atom is 0.252 e. The van der Waals surface area contributed by atoms with Gasteiger partial charge in [0.2, 0.25) is 0 Å². The predicted octanol–water partition coefficient (Wildman–Crippen LogP) is 4.22. The molecule has 1 fully saturated rings. The van der Waals surface area contributed by atoms with E-state index in [4.69, 9.17) is 0 Å². The van der Waals surface area contributed by atoms with Crippen molar-refractivity contribution in [3.05, 3.63) is 65.7 Å². The molecule has 3 rings (SSSR count). The molecule has 1 aliphatic carbocycles. The van der Waals surface area contributed by atoms with Gasteiger partial charge in [-0.15, -0.1) is 11.8 Å². The van der Waals surface area contributed by atoms with E-state index in [0.717, 1.165) is 17.7 Å². The summed E-state index contributed by atoms with van der Waals surface area (Å²) in [5.41, 5.74) is 1.77. The van der Waals surface area contributed by atoms with Crippen molar-refractivity contribution in [3.63, 3.8) is 0 Å². The number of carbonyl (C=O) groups excluding carboxylic acids is 2. The Kier molecular flexibility index (Phi) is 5.59. The van der Waals surface area contributed by atoms with Crippen molar-refractivity contribution < 1.29 is 9.59 Å². The molecule has 0 aliphatic heterocycles. The van der Waals surface area contributed by atoms with Crippen LogP contribution in [0.3, 0.4) is 0 Å². The highest BCUT2D eigenvalue weighted by atomic mass is 32.2. The number of carbonyl (C=O) groups is 2. The topological polar surface area (TPSA) is 46.2 Å². The molecule has 1 aliphatic rings. The van der Waals surface area contributed by atoms with Crippen molar-refractivity contribution in [2.75, 3.05) is 12.8 Å². The summed E-state index contributed by atoms with van der Waals surface area (Å²) in [6.45, 7) is 0.561. The van der Waals surface area contributed by atoms with Crippen LogP contribution in [-0.4, -0.2) is 24.5 Å². The molecule has 1 amide bonds. The van der Waals surface area contributed by atoms with Gasteiger partial charge in [-0.1, -0.05) is 42.5 Å². The van der Waals surface area contributed by atoms with Crippen molar-refractivity contribution >= 4 is 23.5 Å². The molecule has 0 bridgehead atoms. The SMILES string of the molecule is CSc1ccccc1C(=O)NCC1(c2ccccc2)CCC(=O)CC1. The summed E-state index contributed by atoms with van der Waals surface area (Å²) < 4.78 is 0. The molecule has 0 atom stereocenters. The number of rotatable bonds is 5. The van der Waals surface area contributed by atoms with Gasteiger partial charge >= 0.3 is 0 Å². The lowest BCUT2D eigenvalue weighted by atomic mass is 9.69. The van der Waals surface area contributed by atoms with Crippen LogP contribution in [0.1, 0.15) is 41.6 Å². The second-order valence-electron chi connectivity index (χ2n) is 6.57. The van der Waals surface area contributed by atoms with E-state index in [1.807, 2.05) is 48.7 Å². The Morgan fingerprint density at radius 1 is 1.04 bits per heavy atom. The Morgan fingerprint density at radius 2 is 1.68 bits per heavy atom. The number of ketones is 1. The lowest BCUT2D eigenvalue weighted by Gasteiger charge is -2.37. The van der Waals surface area contributed by atoms with Crippen molar-refractivity contribution in [2.24, 2.45) is 0 Å². The molecule has 0 heterocycles. The Bertz CT molecular complexity index is 748. The lowest BCUT2D eigenvalue weighted by Crippen LogP contribution is -2.43. The van der Waals surface area contributed by atoms with Crippen LogP contribution in [0, 0.1) is 0 Å². The molecule has 3 nitrogen and oxygen atoms in total. The molecule has 0 radical (unpaired) electrons. The zero-order valence-electron chi connectivity index (χ0n) is 14.5. The van der Waals surface area contributed by atoms with Gasteiger partial charge in [-0.05, 0) is 36.8 Å². The maximum atomic E-state index is 12.7. The molecule has 130 valence electrons. The van der Waals surface area contributed by atoms with E-state index < -0.39 is 0 Å². The van der Waals surface area contributed by atoms with Gasteiger partial charge in [-0.2, -0.15) is 0 Å². The van der Waals surface area contributed by atoms with Crippen LogP contribution in [0.4, 0.5) is 0 Å². The highest BCUT2D eigenvalue weighted by Crippen LogP contribution is 2.38. The number of benzene rings is 2. The average molecular weight is 353 g/mol. The molecule has 4 heteroatoms. The quantitative estimate of drug-likeness (QED) is 0.819. The first-order chi connectivity index (χ1) is 12.1. The summed E-state index contributed by atoms with van der Waals surface area (Å²) in [7, 11) is 0. The minimum absolute atomic E-state index is 0.0443. The van der Waals surface area contributed by atoms with E-state index in [-0.39, 0.29) is 11.3 Å². The smallest absolute Gasteiger partial charge is 0.252 e. The van der Waals surface area contributed by atoms with Crippen LogP contribution in [0.25, 0.3) is 0 Å². The normalized spacial score (nSPS) is 16.4. The molecular formula is C21H23NO2S. The van der Waals surface area contributed by atoms with Gasteiger partial charge in [0.05, 0.1) is 5.56 Å². The van der Waals surface area contributed by atoms with E-state index in [1.54, 1.807) is 11.8 Å². The van der Waals surface area contributed by atoms with E-state index in [0.29, 0.717) is 30.7 Å². The number of amides is 1. The molecular weight excluding hydrogens is 330 g/mol. The minimum atomic E-state index is -0.154. The van der Waals surface area contributed by atoms with Crippen LogP contribution < -0.4 is 5.32 Å². The first kappa shape index (κ1) is 17.7. The van der Waals surface area contributed by atoms with Gasteiger partial charge in [0, 0.05) is 29.7 Å². The summed E-state index contributed by atoms with van der Waals surface area (Å²) in [5, 5.41) is 3.13. The Labute approximate surface area is 153 Å². The van der Waals surface area contributed by atoms with Crippen LogP contribution >= 0.6 is 11.8 Å². The maximum absolute atomic E-state index is 12.7. The summed E-state index contributed by atoms with van der Waals surface area (Å²) >= 11 is 1.58. The predicted molar refractivity (Wildman–Crippen MR) is 102 cm³/mol. The van der Waals surface area contributed by atoms with E-state index in [2.05, 4.69) is 17.4 Å². The van der Waals surface area contributed by atoms with Crippen LogP contribution in [0.15, 0.2) is 59.5 Å². The molecule has 0 aromatic heterocycles. The third-order valence-corrected chi connectivity index (χ3v) is 5.89. The molecule has 2 aromatic rings. The monoisotopic (exact) mass is 353 g/mol. The number of hydrogen-bond donors (Lipinski definition) is 1. The van der Waals surface area contributed by atoms with Gasteiger partial charge in [0.15, 0.2) is 0 Å². The van der Waals surface area contributed by atoms with Crippen molar-refractivity contribution in [1.29, 1.82) is 0 Å². The second-order valence-corrected chi connectivity index (χ2v) is 7.42. The highest BCUT2D eigenvalue weighted by Gasteiger charge is 2.36. The van der Waals surface area contributed by atoms with Crippen LogP contribution in [0.5, 0.6) is 0 Å². The van der Waals surface area contributed by atoms with Crippen molar-refractivity contribution in [1.82, 2.24) is 5.32 Å². The fourth-order valence-corrected chi connectivity index (χ4v) is 4.14. The van der Waals surface area contributed by atoms with E-state index in [9.17, 15) is 9.59 Å². The summed E-state index contributed by atoms with van der Waals surface area (Å²) in [6.07, 6.45) is 4.74. The van der Waals surface area contributed by atoms with Gasteiger partial charge < -0.3 is 5.32 Å². The van der Waals surface area contributed by atoms with Crippen LogP contribution in [0.2, 0.25) is 0 Å². The lowest BCUT2D eigenvalue weighted by molar-refractivity contribution is -0.121. The molecule has 0 unspecified atom stereocenters. The molecule has 0 spiro atoms. The van der Waals surface area contributed by atoms with E-state index >= 15 is 0 Å². The molecule has 2 aromatic carbocycles. The zero-order chi connectivity index (χ0) is 17.7. The molecule has 25 heavy (non-hydrogen) atoms. The first-order valence-electron chi connectivity index (χ1n) is 8.63. The standard InChI is InChI=1S/C21H23NO2S/c1-25-19-10-6-5-9-18(19)20(24)22-15-21(13-11-17(23)12-14-21)16-7-3-2-4-8-16/h2-10H,11-15H2,1H3,(H,22,24). The Morgan fingerprint density at radius 3 is 2.36 bits per heavy atom. The van der Waals surface area contributed by atoms with Crippen molar-refractivity contribution in [2.45, 2.75) is 36.0 Å². The average Bonchev–Trinajstić information content (AvgIpc) is 2.68. The van der Waals surface area contributed by atoms with Gasteiger partial charge in [-0.3, -0.25) is 9.59 Å². The zero-order valence-corrected chi connectivity index (χ0v) is 15.3. The minimum Gasteiger partial charge on any atom is -0.351 e. The van der Waals surface area contributed by atoms with E-state index in [1.165, 1.54) is 5.56 Å². The summed E-state index contributed by atoms with van der Waals surface area (Å²) in [6, 6.07) is 17.9. The molecule has 0 saturated heterocycles. The molecule has 1 saturated carbocycles. The second kappa shape index (κ2) is 7.87. The van der Waals surface area contributed by atoms with Gasteiger partial charge in [0.1, 0.15) is 5.78 Å². The number of nitrogens with one attached hydrogen (secondary N) is 1. The number of Topliss-reactive ketones (excluding diaryl/α,β-unsaturated/α-hetero) is 1. The Balaban J connectivity index is 1.80. The largest absolute Gasteiger partial charge is 0.351 e. The fraction of sp³-hybridized carbons (Fsp3) is 0.333. The third kappa shape index (κ3) is 3.96. The highest BCUT2D eigenvalue weighted by molar-refractivity contribution is 7.98. The fourth-order valence-electron chi connectivity index (χ4n) is 3.54. The third-order valence-electron chi connectivity index (χ3n) is 5.09.